The highest BCUT2D eigenvalue weighted by Crippen LogP contribution is 2.47. The van der Waals surface area contributed by atoms with Gasteiger partial charge >= 0.3 is 12.1 Å². The first-order valence-corrected chi connectivity index (χ1v) is 12.3. The number of carbonyl (C=O) groups excluding carboxylic acids is 1. The Balaban J connectivity index is 1.73. The molecule has 1 atom stereocenters. The molecule has 1 heterocycles. The number of methoxy groups -OCH3 is 1. The fourth-order valence-corrected chi connectivity index (χ4v) is 5.44. The Morgan fingerprint density at radius 3 is 1.55 bits per heavy atom. The maximum Gasteiger partial charge on any atom is 0.416 e. The SMILES string of the molecule is COC(=O)[C@@H]1C(c2ccc(C(F)(F)F)cc2)=CCN1C(c1ccccc1)(c1ccccc1)c1ccccc1. The highest BCUT2D eigenvalue weighted by atomic mass is 19.4. The molecule has 5 rings (SSSR count). The molecule has 0 saturated carbocycles. The van der Waals surface area contributed by atoms with Gasteiger partial charge in [0.15, 0.2) is 0 Å². The normalized spacial score (nSPS) is 16.2. The molecule has 0 aliphatic carbocycles. The Labute approximate surface area is 219 Å². The molecule has 6 heteroatoms. The zero-order valence-electron chi connectivity index (χ0n) is 20.7. The van der Waals surface area contributed by atoms with Crippen molar-refractivity contribution in [3.05, 3.63) is 149 Å². The van der Waals surface area contributed by atoms with Gasteiger partial charge in [0.2, 0.25) is 0 Å². The third-order valence-corrected chi connectivity index (χ3v) is 7.09. The Bertz CT molecular complexity index is 1320. The van der Waals surface area contributed by atoms with E-state index in [2.05, 4.69) is 4.90 Å². The summed E-state index contributed by atoms with van der Waals surface area (Å²) < 4.78 is 45.0. The third-order valence-electron chi connectivity index (χ3n) is 7.09. The van der Waals surface area contributed by atoms with Crippen molar-refractivity contribution in [2.45, 2.75) is 17.8 Å². The summed E-state index contributed by atoms with van der Waals surface area (Å²) in [4.78, 5) is 15.6. The molecular formula is C32H26F3NO2. The Morgan fingerprint density at radius 2 is 1.16 bits per heavy atom. The van der Waals surface area contributed by atoms with E-state index >= 15 is 0 Å². The molecule has 0 radical (unpaired) electrons. The number of rotatable bonds is 6. The van der Waals surface area contributed by atoms with Gasteiger partial charge in [-0.15, -0.1) is 0 Å². The number of halogens is 3. The summed E-state index contributed by atoms with van der Waals surface area (Å²) in [5.74, 6) is -0.485. The van der Waals surface area contributed by atoms with Crippen LogP contribution in [0.5, 0.6) is 0 Å². The first-order chi connectivity index (χ1) is 18.4. The van der Waals surface area contributed by atoms with Crippen molar-refractivity contribution in [2.75, 3.05) is 13.7 Å². The molecule has 192 valence electrons. The number of ether oxygens (including phenoxy) is 1. The standard InChI is InChI=1S/C32H26F3NO2/c1-38-30(37)29-28(23-17-19-27(20-18-23)32(33,34)35)21-22-36(29)31(24-11-5-2-6-12-24,25-13-7-3-8-14-25)26-15-9-4-10-16-26/h2-21,29H,22H2,1H3/t29-/m0/s1. The van der Waals surface area contributed by atoms with Crippen LogP contribution in [0.15, 0.2) is 121 Å². The average Bonchev–Trinajstić information content (AvgIpc) is 3.40. The van der Waals surface area contributed by atoms with E-state index in [0.717, 1.165) is 28.8 Å². The molecule has 4 aromatic rings. The lowest BCUT2D eigenvalue weighted by atomic mass is 9.74. The molecule has 0 unspecified atom stereocenters. The van der Waals surface area contributed by atoms with E-state index in [4.69, 9.17) is 4.74 Å². The van der Waals surface area contributed by atoms with Crippen LogP contribution in [0, 0.1) is 0 Å². The lowest BCUT2D eigenvalue weighted by Crippen LogP contribution is -2.54. The monoisotopic (exact) mass is 513 g/mol. The molecule has 0 N–H and O–H groups in total. The summed E-state index contributed by atoms with van der Waals surface area (Å²) in [5.41, 5.74) is 2.37. The van der Waals surface area contributed by atoms with Crippen molar-refractivity contribution in [2.24, 2.45) is 0 Å². The topological polar surface area (TPSA) is 29.5 Å². The van der Waals surface area contributed by atoms with Crippen LogP contribution in [0.25, 0.3) is 5.57 Å². The minimum Gasteiger partial charge on any atom is -0.468 e. The largest absolute Gasteiger partial charge is 0.468 e. The van der Waals surface area contributed by atoms with Crippen LogP contribution < -0.4 is 0 Å². The number of nitrogens with zero attached hydrogens (tertiary/aromatic N) is 1. The van der Waals surface area contributed by atoms with Gasteiger partial charge in [0, 0.05) is 6.54 Å². The van der Waals surface area contributed by atoms with Gasteiger partial charge in [-0.05, 0) is 40.0 Å². The van der Waals surface area contributed by atoms with E-state index in [1.165, 1.54) is 19.2 Å². The second kappa shape index (κ2) is 10.3. The van der Waals surface area contributed by atoms with Gasteiger partial charge in [-0.25, -0.2) is 4.79 Å². The van der Waals surface area contributed by atoms with E-state index in [-0.39, 0.29) is 0 Å². The zero-order chi connectivity index (χ0) is 26.8. The van der Waals surface area contributed by atoms with Crippen molar-refractivity contribution >= 4 is 11.5 Å². The third kappa shape index (κ3) is 4.41. The van der Waals surface area contributed by atoms with Gasteiger partial charge in [0.25, 0.3) is 0 Å². The van der Waals surface area contributed by atoms with Crippen LogP contribution in [-0.4, -0.2) is 30.6 Å². The highest BCUT2D eigenvalue weighted by Gasteiger charge is 2.50. The molecule has 38 heavy (non-hydrogen) atoms. The molecule has 1 aliphatic heterocycles. The van der Waals surface area contributed by atoms with Gasteiger partial charge < -0.3 is 4.74 Å². The summed E-state index contributed by atoms with van der Waals surface area (Å²) in [6.07, 6.45) is -2.53. The van der Waals surface area contributed by atoms with Crippen molar-refractivity contribution in [3.63, 3.8) is 0 Å². The van der Waals surface area contributed by atoms with E-state index < -0.39 is 29.3 Å². The second-order valence-electron chi connectivity index (χ2n) is 9.12. The van der Waals surface area contributed by atoms with Crippen molar-refractivity contribution in [1.29, 1.82) is 0 Å². The second-order valence-corrected chi connectivity index (χ2v) is 9.12. The fourth-order valence-electron chi connectivity index (χ4n) is 5.44. The van der Waals surface area contributed by atoms with E-state index in [1.54, 1.807) is 0 Å². The summed E-state index contributed by atoms with van der Waals surface area (Å²) in [7, 11) is 1.33. The lowest BCUT2D eigenvalue weighted by molar-refractivity contribution is -0.145. The average molecular weight is 514 g/mol. The van der Waals surface area contributed by atoms with Crippen molar-refractivity contribution < 1.29 is 22.7 Å². The minimum atomic E-state index is -4.44. The summed E-state index contributed by atoms with van der Waals surface area (Å²) in [6, 6.07) is 33.9. The Morgan fingerprint density at radius 1 is 0.711 bits per heavy atom. The quantitative estimate of drug-likeness (QED) is 0.207. The fraction of sp³-hybridized carbons (Fsp3) is 0.156. The molecule has 0 fully saturated rings. The smallest absolute Gasteiger partial charge is 0.416 e. The summed E-state index contributed by atoms with van der Waals surface area (Å²) in [5, 5.41) is 0. The van der Waals surface area contributed by atoms with Crippen LogP contribution in [0.3, 0.4) is 0 Å². The molecule has 0 saturated heterocycles. The molecule has 3 nitrogen and oxygen atoms in total. The van der Waals surface area contributed by atoms with Gasteiger partial charge in [0.05, 0.1) is 18.2 Å². The maximum atomic E-state index is 13.5. The van der Waals surface area contributed by atoms with Crippen molar-refractivity contribution in [1.82, 2.24) is 4.90 Å². The number of benzene rings is 4. The maximum absolute atomic E-state index is 13.5. The predicted molar refractivity (Wildman–Crippen MR) is 141 cm³/mol. The summed E-state index contributed by atoms with van der Waals surface area (Å²) >= 11 is 0. The minimum absolute atomic E-state index is 0.370. The van der Waals surface area contributed by atoms with Crippen molar-refractivity contribution in [3.8, 4) is 0 Å². The molecular weight excluding hydrogens is 487 g/mol. The van der Waals surface area contributed by atoms with Crippen LogP contribution in [-0.2, 0) is 21.2 Å². The summed E-state index contributed by atoms with van der Waals surface area (Å²) in [6.45, 7) is 0.370. The first kappa shape index (κ1) is 25.5. The molecule has 0 bridgehead atoms. The molecule has 0 spiro atoms. The predicted octanol–water partition coefficient (Wildman–Crippen LogP) is 6.94. The number of hydrogen-bond donors (Lipinski definition) is 0. The van der Waals surface area contributed by atoms with Gasteiger partial charge in [-0.2, -0.15) is 13.2 Å². The number of hydrogen-bond acceptors (Lipinski definition) is 3. The number of alkyl halides is 3. The van der Waals surface area contributed by atoms with Crippen LogP contribution in [0.4, 0.5) is 13.2 Å². The molecule has 0 aromatic heterocycles. The molecule has 4 aromatic carbocycles. The Hall–Kier alpha value is -4.16. The van der Waals surface area contributed by atoms with E-state index in [0.29, 0.717) is 17.7 Å². The van der Waals surface area contributed by atoms with E-state index in [9.17, 15) is 18.0 Å². The zero-order valence-corrected chi connectivity index (χ0v) is 20.7. The lowest BCUT2D eigenvalue weighted by Gasteiger charge is -2.46. The molecule has 0 amide bonds. The molecule has 1 aliphatic rings. The van der Waals surface area contributed by atoms with Gasteiger partial charge in [-0.1, -0.05) is 109 Å². The first-order valence-electron chi connectivity index (χ1n) is 12.3. The van der Waals surface area contributed by atoms with Crippen LogP contribution in [0.1, 0.15) is 27.8 Å². The van der Waals surface area contributed by atoms with Gasteiger partial charge in [0.1, 0.15) is 6.04 Å². The van der Waals surface area contributed by atoms with E-state index in [1.807, 2.05) is 97.1 Å². The number of esters is 1. The Kier molecular flexibility index (Phi) is 6.91. The van der Waals surface area contributed by atoms with Crippen LogP contribution in [0.2, 0.25) is 0 Å². The highest BCUT2D eigenvalue weighted by molar-refractivity contribution is 5.94. The van der Waals surface area contributed by atoms with Crippen LogP contribution >= 0.6 is 0 Å². The van der Waals surface area contributed by atoms with Gasteiger partial charge in [-0.3, -0.25) is 4.90 Å². The number of carbonyl (C=O) groups is 1.